The molecule has 0 unspecified atom stereocenters. The molecule has 1 atom stereocenters. The summed E-state index contributed by atoms with van der Waals surface area (Å²) in [5, 5.41) is 4.12. The van der Waals surface area contributed by atoms with Crippen LogP contribution in [0, 0.1) is 6.92 Å². The van der Waals surface area contributed by atoms with Gasteiger partial charge in [-0.2, -0.15) is 9.29 Å². The number of hydrogen-bond acceptors (Lipinski definition) is 6. The van der Waals surface area contributed by atoms with Crippen LogP contribution < -0.4 is 4.74 Å². The van der Waals surface area contributed by atoms with Crippen LogP contribution in [-0.2, 0) is 10.0 Å². The Bertz CT molecular complexity index is 1080. The van der Waals surface area contributed by atoms with Crippen molar-refractivity contribution in [3.05, 3.63) is 59.9 Å². The molecule has 8 heteroatoms. The molecule has 2 aromatic carbocycles. The van der Waals surface area contributed by atoms with E-state index in [4.69, 9.17) is 9.26 Å². The number of benzene rings is 2. The third-order valence-electron chi connectivity index (χ3n) is 5.19. The first kappa shape index (κ1) is 19.6. The number of methoxy groups -OCH3 is 1. The van der Waals surface area contributed by atoms with Gasteiger partial charge < -0.3 is 9.26 Å². The van der Waals surface area contributed by atoms with Crippen molar-refractivity contribution in [2.75, 3.05) is 20.2 Å². The number of hydrogen-bond donors (Lipinski definition) is 0. The second-order valence-corrected chi connectivity index (χ2v) is 9.14. The van der Waals surface area contributed by atoms with E-state index in [0.717, 1.165) is 29.7 Å². The van der Waals surface area contributed by atoms with Gasteiger partial charge in [0, 0.05) is 24.6 Å². The summed E-state index contributed by atoms with van der Waals surface area (Å²) in [4.78, 5) is 4.84. The molecule has 0 radical (unpaired) electrons. The van der Waals surface area contributed by atoms with E-state index >= 15 is 0 Å². The highest BCUT2D eigenvalue weighted by Gasteiger charge is 2.33. The average Bonchev–Trinajstić information content (AvgIpc) is 3.24. The fourth-order valence-corrected chi connectivity index (χ4v) is 5.01. The minimum absolute atomic E-state index is 0.0975. The molecule has 1 aromatic heterocycles. The van der Waals surface area contributed by atoms with Crippen LogP contribution in [0.5, 0.6) is 5.75 Å². The molecule has 2 heterocycles. The van der Waals surface area contributed by atoms with Crippen molar-refractivity contribution in [3.8, 4) is 17.2 Å². The van der Waals surface area contributed by atoms with Crippen LogP contribution in [0.1, 0.15) is 30.1 Å². The smallest absolute Gasteiger partial charge is 0.257 e. The van der Waals surface area contributed by atoms with Crippen LogP contribution in [0.15, 0.2) is 57.9 Å². The molecule has 1 saturated heterocycles. The Morgan fingerprint density at radius 3 is 2.52 bits per heavy atom. The minimum atomic E-state index is -3.54. The summed E-state index contributed by atoms with van der Waals surface area (Å²) in [6, 6.07) is 14.3. The zero-order valence-corrected chi connectivity index (χ0v) is 17.2. The van der Waals surface area contributed by atoms with E-state index in [0.29, 0.717) is 29.7 Å². The van der Waals surface area contributed by atoms with Gasteiger partial charge in [-0.25, -0.2) is 8.42 Å². The lowest BCUT2D eigenvalue weighted by atomic mass is 9.99. The van der Waals surface area contributed by atoms with Gasteiger partial charge in [-0.05, 0) is 56.2 Å². The van der Waals surface area contributed by atoms with Crippen molar-refractivity contribution in [3.63, 3.8) is 0 Å². The first-order valence-corrected chi connectivity index (χ1v) is 11.0. The Hall–Kier alpha value is -2.71. The van der Waals surface area contributed by atoms with E-state index in [-0.39, 0.29) is 5.92 Å². The Labute approximate surface area is 170 Å². The maximum absolute atomic E-state index is 13.0. The molecule has 152 valence electrons. The molecule has 29 heavy (non-hydrogen) atoms. The zero-order chi connectivity index (χ0) is 20.4. The van der Waals surface area contributed by atoms with Gasteiger partial charge >= 0.3 is 0 Å². The number of nitrogens with zero attached hydrogens (tertiary/aromatic N) is 3. The largest absolute Gasteiger partial charge is 0.497 e. The Balaban J connectivity index is 1.52. The summed E-state index contributed by atoms with van der Waals surface area (Å²) in [5.41, 5.74) is 1.82. The number of sulfonamides is 1. The highest BCUT2D eigenvalue weighted by molar-refractivity contribution is 7.89. The molecule has 0 bridgehead atoms. The number of ether oxygens (including phenoxy) is 1. The molecule has 7 nitrogen and oxygen atoms in total. The van der Waals surface area contributed by atoms with E-state index in [9.17, 15) is 8.42 Å². The minimum Gasteiger partial charge on any atom is -0.497 e. The molecule has 0 aliphatic carbocycles. The molecular weight excluding hydrogens is 390 g/mol. The monoisotopic (exact) mass is 413 g/mol. The number of piperidine rings is 1. The molecular formula is C21H23N3O4S. The van der Waals surface area contributed by atoms with Crippen LogP contribution in [-0.4, -0.2) is 43.1 Å². The molecule has 0 N–H and O–H groups in total. The van der Waals surface area contributed by atoms with Gasteiger partial charge in [0.05, 0.1) is 12.0 Å². The predicted molar refractivity (Wildman–Crippen MR) is 108 cm³/mol. The molecule has 0 saturated carbocycles. The number of aromatic nitrogens is 2. The SMILES string of the molecule is COc1ccc(-c2nc([C@@H]3CCCN(S(=O)(=O)c4ccc(C)cc4)C3)no2)cc1. The second kappa shape index (κ2) is 7.96. The maximum Gasteiger partial charge on any atom is 0.257 e. The molecule has 0 spiro atoms. The summed E-state index contributed by atoms with van der Waals surface area (Å²) in [5.74, 6) is 1.61. The lowest BCUT2D eigenvalue weighted by Gasteiger charge is -2.30. The highest BCUT2D eigenvalue weighted by atomic mass is 32.2. The summed E-state index contributed by atoms with van der Waals surface area (Å²) < 4.78 is 38.1. The third-order valence-corrected chi connectivity index (χ3v) is 7.07. The Kier molecular flexibility index (Phi) is 5.38. The van der Waals surface area contributed by atoms with Crippen molar-refractivity contribution in [1.82, 2.24) is 14.4 Å². The summed E-state index contributed by atoms with van der Waals surface area (Å²) in [6.07, 6.45) is 1.57. The highest BCUT2D eigenvalue weighted by Crippen LogP contribution is 2.30. The van der Waals surface area contributed by atoms with Crippen molar-refractivity contribution >= 4 is 10.0 Å². The predicted octanol–water partition coefficient (Wildman–Crippen LogP) is 3.62. The Morgan fingerprint density at radius 1 is 1.10 bits per heavy atom. The summed E-state index contributed by atoms with van der Waals surface area (Å²) in [6.45, 7) is 2.78. The second-order valence-electron chi connectivity index (χ2n) is 7.20. The van der Waals surface area contributed by atoms with Gasteiger partial charge in [0.1, 0.15) is 5.75 Å². The third kappa shape index (κ3) is 4.04. The lowest BCUT2D eigenvalue weighted by molar-refractivity contribution is 0.302. The van der Waals surface area contributed by atoms with E-state index in [1.807, 2.05) is 43.3 Å². The molecule has 1 aliphatic rings. The first-order valence-electron chi connectivity index (χ1n) is 9.52. The van der Waals surface area contributed by atoms with Crippen LogP contribution in [0.4, 0.5) is 0 Å². The first-order chi connectivity index (χ1) is 14.0. The molecule has 1 aliphatic heterocycles. The zero-order valence-electron chi connectivity index (χ0n) is 16.4. The van der Waals surface area contributed by atoms with Gasteiger partial charge in [0.15, 0.2) is 5.82 Å². The standard InChI is InChI=1S/C21H23N3O4S/c1-15-5-11-19(12-6-15)29(25,26)24-13-3-4-17(14-24)20-22-21(28-23-20)16-7-9-18(27-2)10-8-16/h5-12,17H,3-4,13-14H2,1-2H3/t17-/m1/s1. The molecule has 4 rings (SSSR count). The Morgan fingerprint density at radius 2 is 1.83 bits per heavy atom. The maximum atomic E-state index is 13.0. The molecule has 0 amide bonds. The molecule has 3 aromatic rings. The van der Waals surface area contributed by atoms with Gasteiger partial charge in [0.2, 0.25) is 10.0 Å². The van der Waals surface area contributed by atoms with Gasteiger partial charge in [-0.1, -0.05) is 22.9 Å². The van der Waals surface area contributed by atoms with Crippen LogP contribution in [0.25, 0.3) is 11.5 Å². The summed E-state index contributed by atoms with van der Waals surface area (Å²) in [7, 11) is -1.93. The lowest BCUT2D eigenvalue weighted by Crippen LogP contribution is -2.39. The average molecular weight is 413 g/mol. The fourth-order valence-electron chi connectivity index (χ4n) is 3.48. The topological polar surface area (TPSA) is 85.5 Å². The van der Waals surface area contributed by atoms with Gasteiger partial charge in [-0.3, -0.25) is 0 Å². The van der Waals surface area contributed by atoms with Crippen molar-refractivity contribution in [1.29, 1.82) is 0 Å². The van der Waals surface area contributed by atoms with Crippen molar-refractivity contribution in [2.24, 2.45) is 0 Å². The molecule has 1 fully saturated rings. The van der Waals surface area contributed by atoms with Crippen molar-refractivity contribution in [2.45, 2.75) is 30.6 Å². The number of aryl methyl sites for hydroxylation is 1. The number of rotatable bonds is 5. The quantitative estimate of drug-likeness (QED) is 0.635. The van der Waals surface area contributed by atoms with Gasteiger partial charge in [0.25, 0.3) is 5.89 Å². The van der Waals surface area contributed by atoms with E-state index in [2.05, 4.69) is 10.1 Å². The van der Waals surface area contributed by atoms with E-state index in [1.165, 1.54) is 4.31 Å². The normalized spacial score (nSPS) is 17.9. The summed E-state index contributed by atoms with van der Waals surface area (Å²) >= 11 is 0. The van der Waals surface area contributed by atoms with Crippen LogP contribution in [0.3, 0.4) is 0 Å². The van der Waals surface area contributed by atoms with Crippen LogP contribution in [0.2, 0.25) is 0 Å². The van der Waals surface area contributed by atoms with E-state index < -0.39 is 10.0 Å². The van der Waals surface area contributed by atoms with Crippen LogP contribution >= 0.6 is 0 Å². The van der Waals surface area contributed by atoms with Crippen molar-refractivity contribution < 1.29 is 17.7 Å². The van der Waals surface area contributed by atoms with Gasteiger partial charge in [-0.15, -0.1) is 0 Å². The fraction of sp³-hybridized carbons (Fsp3) is 0.333. The van der Waals surface area contributed by atoms with E-state index in [1.54, 1.807) is 19.2 Å².